The number of aryl methyl sites for hydroxylation is 1. The second-order valence-electron chi connectivity index (χ2n) is 5.35. The Morgan fingerprint density at radius 2 is 1.62 bits per heavy atom. The van der Waals surface area contributed by atoms with Crippen LogP contribution in [-0.4, -0.2) is 25.1 Å². The lowest BCUT2D eigenvalue weighted by molar-refractivity contribution is -0.122. The molecule has 0 aliphatic rings. The number of urea groups is 1. The van der Waals surface area contributed by atoms with Gasteiger partial charge in [0.15, 0.2) is 6.10 Å². The maximum Gasteiger partial charge on any atom is 0.318 e. The SMILES string of the molecule is CNC(=O)Nc1ccc(NC(=O)[C@@H](C)Oc2cccc(C)c2)cc1. The molecule has 3 amide bonds. The second kappa shape index (κ2) is 8.01. The molecule has 2 aromatic rings. The predicted molar refractivity (Wildman–Crippen MR) is 94.4 cm³/mol. The van der Waals surface area contributed by atoms with Gasteiger partial charge in [-0.3, -0.25) is 4.79 Å². The lowest BCUT2D eigenvalue weighted by Crippen LogP contribution is -2.30. The van der Waals surface area contributed by atoms with Gasteiger partial charge >= 0.3 is 6.03 Å². The van der Waals surface area contributed by atoms with Crippen LogP contribution in [0.15, 0.2) is 48.5 Å². The summed E-state index contributed by atoms with van der Waals surface area (Å²) in [6.07, 6.45) is -0.629. The minimum absolute atomic E-state index is 0.247. The van der Waals surface area contributed by atoms with E-state index in [2.05, 4.69) is 16.0 Å². The molecule has 0 heterocycles. The first kappa shape index (κ1) is 17.3. The molecule has 6 nitrogen and oxygen atoms in total. The number of hydrogen-bond acceptors (Lipinski definition) is 3. The minimum Gasteiger partial charge on any atom is -0.481 e. The standard InChI is InChI=1S/C18H21N3O3/c1-12-5-4-6-16(11-12)24-13(2)17(22)20-14-7-9-15(10-8-14)21-18(23)19-3/h4-11,13H,1-3H3,(H,20,22)(H2,19,21,23)/t13-/m1/s1. The van der Waals surface area contributed by atoms with Crippen LogP contribution in [0.1, 0.15) is 12.5 Å². The summed E-state index contributed by atoms with van der Waals surface area (Å²) >= 11 is 0. The van der Waals surface area contributed by atoms with E-state index >= 15 is 0 Å². The van der Waals surface area contributed by atoms with E-state index in [9.17, 15) is 9.59 Å². The van der Waals surface area contributed by atoms with Crippen molar-refractivity contribution in [2.45, 2.75) is 20.0 Å². The Balaban J connectivity index is 1.92. The molecule has 0 radical (unpaired) electrons. The molecule has 0 bridgehead atoms. The van der Waals surface area contributed by atoms with Gasteiger partial charge in [0.25, 0.3) is 5.91 Å². The zero-order valence-electron chi connectivity index (χ0n) is 13.9. The van der Waals surface area contributed by atoms with Crippen molar-refractivity contribution in [2.75, 3.05) is 17.7 Å². The Kier molecular flexibility index (Phi) is 5.78. The highest BCUT2D eigenvalue weighted by Gasteiger charge is 2.15. The van der Waals surface area contributed by atoms with Gasteiger partial charge in [0.2, 0.25) is 0 Å². The van der Waals surface area contributed by atoms with Crippen molar-refractivity contribution in [1.29, 1.82) is 0 Å². The predicted octanol–water partition coefficient (Wildman–Crippen LogP) is 3.15. The van der Waals surface area contributed by atoms with Crippen molar-refractivity contribution in [3.63, 3.8) is 0 Å². The van der Waals surface area contributed by atoms with Crippen LogP contribution in [0.4, 0.5) is 16.2 Å². The number of anilines is 2. The van der Waals surface area contributed by atoms with Crippen LogP contribution in [0.3, 0.4) is 0 Å². The Hall–Kier alpha value is -3.02. The van der Waals surface area contributed by atoms with Crippen LogP contribution < -0.4 is 20.7 Å². The van der Waals surface area contributed by atoms with Gasteiger partial charge in [-0.05, 0) is 55.8 Å². The van der Waals surface area contributed by atoms with Crippen molar-refractivity contribution >= 4 is 23.3 Å². The number of carbonyl (C=O) groups is 2. The molecule has 0 saturated carbocycles. The molecule has 0 aliphatic carbocycles. The van der Waals surface area contributed by atoms with Crippen LogP contribution >= 0.6 is 0 Å². The number of carbonyl (C=O) groups excluding carboxylic acids is 2. The molecule has 0 aromatic heterocycles. The maximum atomic E-state index is 12.2. The zero-order valence-corrected chi connectivity index (χ0v) is 13.9. The zero-order chi connectivity index (χ0) is 17.5. The molecule has 2 rings (SSSR count). The van der Waals surface area contributed by atoms with E-state index in [-0.39, 0.29) is 11.9 Å². The van der Waals surface area contributed by atoms with Gasteiger partial charge in [0.05, 0.1) is 0 Å². The van der Waals surface area contributed by atoms with E-state index in [0.29, 0.717) is 17.1 Å². The molecule has 24 heavy (non-hydrogen) atoms. The smallest absolute Gasteiger partial charge is 0.318 e. The summed E-state index contributed by atoms with van der Waals surface area (Å²) in [5.74, 6) is 0.409. The lowest BCUT2D eigenvalue weighted by atomic mass is 10.2. The first-order valence-corrected chi connectivity index (χ1v) is 7.61. The maximum absolute atomic E-state index is 12.2. The van der Waals surface area contributed by atoms with Gasteiger partial charge in [-0.25, -0.2) is 4.79 Å². The summed E-state index contributed by atoms with van der Waals surface area (Å²) in [6, 6.07) is 14.1. The quantitative estimate of drug-likeness (QED) is 0.789. The van der Waals surface area contributed by atoms with Crippen molar-refractivity contribution < 1.29 is 14.3 Å². The molecular formula is C18H21N3O3. The van der Waals surface area contributed by atoms with Crippen molar-refractivity contribution in [3.8, 4) is 5.75 Å². The monoisotopic (exact) mass is 327 g/mol. The summed E-state index contributed by atoms with van der Waals surface area (Å²) < 4.78 is 5.64. The van der Waals surface area contributed by atoms with Crippen LogP contribution in [-0.2, 0) is 4.79 Å². The molecule has 6 heteroatoms. The molecule has 126 valence electrons. The molecule has 0 aliphatic heterocycles. The van der Waals surface area contributed by atoms with E-state index in [4.69, 9.17) is 4.74 Å². The van der Waals surface area contributed by atoms with Gasteiger partial charge in [0.1, 0.15) is 5.75 Å². The van der Waals surface area contributed by atoms with E-state index in [0.717, 1.165) is 5.56 Å². The highest BCUT2D eigenvalue weighted by Crippen LogP contribution is 2.16. The second-order valence-corrected chi connectivity index (χ2v) is 5.35. The number of amides is 3. The average molecular weight is 327 g/mol. The number of hydrogen-bond donors (Lipinski definition) is 3. The third-order valence-corrected chi connectivity index (χ3v) is 3.31. The summed E-state index contributed by atoms with van der Waals surface area (Å²) in [4.78, 5) is 23.4. The van der Waals surface area contributed by atoms with E-state index in [1.54, 1.807) is 38.2 Å². The fourth-order valence-electron chi connectivity index (χ4n) is 2.02. The normalized spacial score (nSPS) is 11.3. The molecule has 1 atom stereocenters. The van der Waals surface area contributed by atoms with Crippen LogP contribution in [0.25, 0.3) is 0 Å². The van der Waals surface area contributed by atoms with Crippen molar-refractivity contribution in [3.05, 3.63) is 54.1 Å². The first-order valence-electron chi connectivity index (χ1n) is 7.61. The Bertz CT molecular complexity index is 714. The fraction of sp³-hybridized carbons (Fsp3) is 0.222. The summed E-state index contributed by atoms with van der Waals surface area (Å²) in [6.45, 7) is 3.66. The largest absolute Gasteiger partial charge is 0.481 e. The number of ether oxygens (including phenoxy) is 1. The highest BCUT2D eigenvalue weighted by atomic mass is 16.5. The van der Waals surface area contributed by atoms with Gasteiger partial charge < -0.3 is 20.7 Å². The summed E-state index contributed by atoms with van der Waals surface area (Å²) in [5.41, 5.74) is 2.33. The number of benzene rings is 2. The van der Waals surface area contributed by atoms with E-state index in [1.807, 2.05) is 31.2 Å². The van der Waals surface area contributed by atoms with Crippen LogP contribution in [0, 0.1) is 6.92 Å². The molecule has 0 fully saturated rings. The number of nitrogens with one attached hydrogen (secondary N) is 3. The van der Waals surface area contributed by atoms with Crippen molar-refractivity contribution in [1.82, 2.24) is 5.32 Å². The molecular weight excluding hydrogens is 306 g/mol. The molecule has 2 aromatic carbocycles. The minimum atomic E-state index is -0.629. The Morgan fingerprint density at radius 3 is 2.21 bits per heavy atom. The summed E-state index contributed by atoms with van der Waals surface area (Å²) in [7, 11) is 1.54. The molecule has 0 unspecified atom stereocenters. The fourth-order valence-corrected chi connectivity index (χ4v) is 2.02. The van der Waals surface area contributed by atoms with Crippen LogP contribution in [0.2, 0.25) is 0 Å². The van der Waals surface area contributed by atoms with Gasteiger partial charge in [-0.15, -0.1) is 0 Å². The molecule has 3 N–H and O–H groups in total. The third-order valence-electron chi connectivity index (χ3n) is 3.31. The first-order chi connectivity index (χ1) is 11.5. The molecule has 0 spiro atoms. The molecule has 0 saturated heterocycles. The average Bonchev–Trinajstić information content (AvgIpc) is 2.56. The number of rotatable bonds is 5. The Morgan fingerprint density at radius 1 is 1.00 bits per heavy atom. The van der Waals surface area contributed by atoms with Crippen molar-refractivity contribution in [2.24, 2.45) is 0 Å². The summed E-state index contributed by atoms with van der Waals surface area (Å²) in [5, 5.41) is 7.89. The van der Waals surface area contributed by atoms with E-state index < -0.39 is 6.10 Å². The van der Waals surface area contributed by atoms with E-state index in [1.165, 1.54) is 0 Å². The lowest BCUT2D eigenvalue weighted by Gasteiger charge is -2.15. The Labute approximate surface area is 141 Å². The topological polar surface area (TPSA) is 79.5 Å². The van der Waals surface area contributed by atoms with Crippen LogP contribution in [0.5, 0.6) is 5.75 Å². The highest BCUT2D eigenvalue weighted by molar-refractivity contribution is 5.94. The van der Waals surface area contributed by atoms with Gasteiger partial charge in [-0.2, -0.15) is 0 Å². The van der Waals surface area contributed by atoms with Gasteiger partial charge in [-0.1, -0.05) is 12.1 Å². The van der Waals surface area contributed by atoms with Gasteiger partial charge in [0, 0.05) is 18.4 Å². The third kappa shape index (κ3) is 5.01.